The largest absolute Gasteiger partial charge is 0.496 e. The number of nitrogens with zero attached hydrogens (tertiary/aromatic N) is 1. The lowest BCUT2D eigenvalue weighted by Crippen LogP contribution is -2.50. The van der Waals surface area contributed by atoms with Crippen molar-refractivity contribution in [2.45, 2.75) is 38.8 Å². The smallest absolute Gasteiger partial charge is 0.268 e. The number of ether oxygens (including phenoxy) is 1. The molecule has 2 atom stereocenters. The zero-order chi connectivity index (χ0) is 26.5. The third kappa shape index (κ3) is 5.81. The molecule has 0 radical (unpaired) electrons. The number of nitriles is 1. The molecular weight excluding hydrogens is 470 g/mol. The Kier molecular flexibility index (Phi) is 7.58. The number of fused-ring (bicyclic) bond motifs is 2. The van der Waals surface area contributed by atoms with Gasteiger partial charge in [-0.25, -0.2) is 0 Å². The van der Waals surface area contributed by atoms with E-state index in [-0.39, 0.29) is 17.9 Å². The van der Waals surface area contributed by atoms with E-state index in [4.69, 9.17) is 4.74 Å². The fourth-order valence-corrected chi connectivity index (χ4v) is 4.43. The summed E-state index contributed by atoms with van der Waals surface area (Å²) in [6.45, 7) is 3.90. The summed E-state index contributed by atoms with van der Waals surface area (Å²) < 4.78 is 5.36. The van der Waals surface area contributed by atoms with Gasteiger partial charge in [-0.05, 0) is 42.2 Å². The summed E-state index contributed by atoms with van der Waals surface area (Å²) in [6, 6.07) is 16.3. The summed E-state index contributed by atoms with van der Waals surface area (Å²) >= 11 is 0. The molecule has 2 aromatic heterocycles. The van der Waals surface area contributed by atoms with Gasteiger partial charge in [0.25, 0.3) is 5.91 Å². The van der Waals surface area contributed by atoms with Crippen molar-refractivity contribution in [1.29, 1.82) is 5.26 Å². The third-order valence-electron chi connectivity index (χ3n) is 6.15. The van der Waals surface area contributed by atoms with Crippen LogP contribution >= 0.6 is 0 Å². The van der Waals surface area contributed by atoms with Crippen molar-refractivity contribution in [3.8, 4) is 11.8 Å². The molecule has 0 aliphatic heterocycles. The van der Waals surface area contributed by atoms with Gasteiger partial charge in [-0.3, -0.25) is 14.4 Å². The number of aromatic nitrogens is 2. The van der Waals surface area contributed by atoms with E-state index in [0.29, 0.717) is 28.9 Å². The van der Waals surface area contributed by atoms with E-state index in [1.165, 1.54) is 6.07 Å². The molecule has 0 aliphatic rings. The number of pyridine rings is 1. The van der Waals surface area contributed by atoms with Crippen LogP contribution in [0, 0.1) is 17.2 Å². The van der Waals surface area contributed by atoms with Gasteiger partial charge in [-0.1, -0.05) is 38.1 Å². The number of hydrogen-bond donors (Lipinski definition) is 4. The molecule has 37 heavy (non-hydrogen) atoms. The lowest BCUT2D eigenvalue weighted by molar-refractivity contribution is -0.123. The number of hydrogen-bond acceptors (Lipinski definition) is 5. The van der Waals surface area contributed by atoms with E-state index in [0.717, 1.165) is 16.3 Å². The zero-order valence-electron chi connectivity index (χ0n) is 20.9. The molecule has 0 saturated heterocycles. The minimum Gasteiger partial charge on any atom is -0.496 e. The molecule has 2 aromatic carbocycles. The third-order valence-corrected chi connectivity index (χ3v) is 6.15. The van der Waals surface area contributed by atoms with Gasteiger partial charge < -0.3 is 25.3 Å². The highest BCUT2D eigenvalue weighted by Gasteiger charge is 2.26. The van der Waals surface area contributed by atoms with Gasteiger partial charge >= 0.3 is 0 Å². The molecule has 4 N–H and O–H groups in total. The molecule has 0 saturated carbocycles. The van der Waals surface area contributed by atoms with Gasteiger partial charge in [-0.15, -0.1) is 0 Å². The normalized spacial score (nSPS) is 12.7. The highest BCUT2D eigenvalue weighted by atomic mass is 16.5. The van der Waals surface area contributed by atoms with E-state index in [1.54, 1.807) is 25.3 Å². The average Bonchev–Trinajstić information content (AvgIpc) is 3.32. The van der Waals surface area contributed by atoms with Crippen LogP contribution in [0.3, 0.4) is 0 Å². The van der Waals surface area contributed by atoms with Crippen LogP contribution in [-0.2, 0) is 11.2 Å². The average molecular weight is 500 g/mol. The molecule has 9 heteroatoms. The van der Waals surface area contributed by atoms with Crippen LogP contribution in [0.4, 0.5) is 0 Å². The van der Waals surface area contributed by atoms with Gasteiger partial charge in [0.15, 0.2) is 0 Å². The Morgan fingerprint density at radius 1 is 1.00 bits per heavy atom. The predicted octanol–water partition coefficient (Wildman–Crippen LogP) is 3.41. The van der Waals surface area contributed by atoms with E-state index in [2.05, 4.69) is 26.7 Å². The number of H-pyrrole nitrogens is 2. The maximum Gasteiger partial charge on any atom is 0.268 e. The molecule has 0 bridgehead atoms. The SMILES string of the molecule is COc1cccc2[nH]c(C(=O)N[C@H](CC(C)C)C(=O)N[C@H](C#N)Cc3cc(=O)[nH]c4ccccc34)cc12. The van der Waals surface area contributed by atoms with Crippen molar-refractivity contribution < 1.29 is 14.3 Å². The Morgan fingerprint density at radius 3 is 2.46 bits per heavy atom. The molecule has 190 valence electrons. The first-order valence-corrected chi connectivity index (χ1v) is 12.1. The number of carbonyl (C=O) groups is 2. The number of aromatic amines is 2. The first kappa shape index (κ1) is 25.5. The Hall–Kier alpha value is -4.58. The zero-order valence-corrected chi connectivity index (χ0v) is 20.9. The van der Waals surface area contributed by atoms with Gasteiger partial charge in [0.2, 0.25) is 11.5 Å². The van der Waals surface area contributed by atoms with Gasteiger partial charge in [0, 0.05) is 34.3 Å². The summed E-state index contributed by atoms with van der Waals surface area (Å²) in [7, 11) is 1.56. The van der Waals surface area contributed by atoms with Crippen LogP contribution in [0.5, 0.6) is 5.75 Å². The fourth-order valence-electron chi connectivity index (χ4n) is 4.43. The molecule has 0 aliphatic carbocycles. The monoisotopic (exact) mass is 499 g/mol. The highest BCUT2D eigenvalue weighted by Crippen LogP contribution is 2.26. The highest BCUT2D eigenvalue weighted by molar-refractivity contribution is 6.01. The molecule has 0 unspecified atom stereocenters. The summed E-state index contributed by atoms with van der Waals surface area (Å²) in [6.07, 6.45) is 0.532. The molecule has 0 spiro atoms. The second kappa shape index (κ2) is 11.0. The van der Waals surface area contributed by atoms with E-state index < -0.39 is 23.9 Å². The Morgan fingerprint density at radius 2 is 1.73 bits per heavy atom. The Labute approximate surface area is 213 Å². The summed E-state index contributed by atoms with van der Waals surface area (Å²) in [5, 5.41) is 16.9. The number of carbonyl (C=O) groups excluding carboxylic acids is 2. The standard InChI is InChI=1S/C28H29N5O4/c1-16(2)11-23(33-28(36)24-14-20-22(31-24)9-6-10-25(20)37-3)27(35)30-18(15-29)12-17-13-26(34)32-21-8-5-4-7-19(17)21/h4-10,13-14,16,18,23,31H,11-12H2,1-3H3,(H,30,35)(H,32,34)(H,33,36)/t18-,23+/m0/s1. The van der Waals surface area contributed by atoms with E-state index in [1.807, 2.05) is 44.2 Å². The maximum absolute atomic E-state index is 13.2. The summed E-state index contributed by atoms with van der Waals surface area (Å²) in [4.78, 5) is 44.2. The minimum atomic E-state index is -0.887. The van der Waals surface area contributed by atoms with E-state index in [9.17, 15) is 19.6 Å². The van der Waals surface area contributed by atoms with Crippen molar-refractivity contribution in [3.63, 3.8) is 0 Å². The van der Waals surface area contributed by atoms with Gasteiger partial charge in [0.1, 0.15) is 23.5 Å². The minimum absolute atomic E-state index is 0.107. The number of nitrogens with one attached hydrogen (secondary N) is 4. The second-order valence-electron chi connectivity index (χ2n) is 9.36. The molecule has 9 nitrogen and oxygen atoms in total. The quantitative estimate of drug-likeness (QED) is 0.279. The summed E-state index contributed by atoms with van der Waals surface area (Å²) in [5.74, 6) is -0.158. The summed E-state index contributed by atoms with van der Waals surface area (Å²) in [5.41, 5.74) is 2.07. The Balaban J connectivity index is 1.52. The maximum atomic E-state index is 13.2. The lowest BCUT2D eigenvalue weighted by Gasteiger charge is -2.22. The van der Waals surface area contributed by atoms with Crippen molar-refractivity contribution in [1.82, 2.24) is 20.6 Å². The topological polar surface area (TPSA) is 140 Å². The van der Waals surface area contributed by atoms with Crippen LogP contribution in [0.25, 0.3) is 21.8 Å². The molecule has 4 rings (SSSR count). The second-order valence-corrected chi connectivity index (χ2v) is 9.36. The number of benzene rings is 2. The van der Waals surface area contributed by atoms with Crippen LogP contribution in [0.15, 0.2) is 59.4 Å². The van der Waals surface area contributed by atoms with Crippen LogP contribution in [0.1, 0.15) is 36.3 Å². The first-order chi connectivity index (χ1) is 17.8. The van der Waals surface area contributed by atoms with Crippen molar-refractivity contribution in [2.75, 3.05) is 7.11 Å². The van der Waals surface area contributed by atoms with Crippen molar-refractivity contribution in [2.24, 2.45) is 5.92 Å². The molecular formula is C28H29N5O4. The Bertz CT molecular complexity index is 1550. The van der Waals surface area contributed by atoms with Crippen molar-refractivity contribution >= 4 is 33.6 Å². The molecule has 2 amide bonds. The fraction of sp³-hybridized carbons (Fsp3) is 0.286. The molecule has 0 fully saturated rings. The first-order valence-electron chi connectivity index (χ1n) is 12.1. The lowest BCUT2D eigenvalue weighted by atomic mass is 10.00. The molecule has 4 aromatic rings. The van der Waals surface area contributed by atoms with Gasteiger partial charge in [0.05, 0.1) is 13.2 Å². The van der Waals surface area contributed by atoms with Crippen LogP contribution in [-0.4, -0.2) is 41.0 Å². The predicted molar refractivity (Wildman–Crippen MR) is 141 cm³/mol. The number of amides is 2. The number of methoxy groups -OCH3 is 1. The van der Waals surface area contributed by atoms with Crippen molar-refractivity contribution in [3.05, 3.63) is 76.2 Å². The van der Waals surface area contributed by atoms with E-state index >= 15 is 0 Å². The van der Waals surface area contributed by atoms with Crippen LogP contribution in [0.2, 0.25) is 0 Å². The number of para-hydroxylation sites is 1. The van der Waals surface area contributed by atoms with Crippen LogP contribution < -0.4 is 20.9 Å². The van der Waals surface area contributed by atoms with Gasteiger partial charge in [-0.2, -0.15) is 5.26 Å². The molecule has 2 heterocycles. The number of rotatable bonds is 9.